The van der Waals surface area contributed by atoms with Crippen LogP contribution in [-0.4, -0.2) is 46.9 Å². The second-order valence-electron chi connectivity index (χ2n) is 8.68. The van der Waals surface area contributed by atoms with Gasteiger partial charge in [-0.3, -0.25) is 19.3 Å². The lowest BCUT2D eigenvalue weighted by molar-refractivity contribution is -0.153. The van der Waals surface area contributed by atoms with Gasteiger partial charge in [0.1, 0.15) is 5.54 Å². The van der Waals surface area contributed by atoms with Crippen LogP contribution in [-0.2, 0) is 19.1 Å². The van der Waals surface area contributed by atoms with Gasteiger partial charge >= 0.3 is 12.0 Å². The zero-order chi connectivity index (χ0) is 22.6. The van der Waals surface area contributed by atoms with Crippen molar-refractivity contribution in [3.8, 4) is 0 Å². The molecular formula is C23H31N3O5. The maximum absolute atomic E-state index is 12.6. The third-order valence-corrected chi connectivity index (χ3v) is 5.99. The molecule has 0 aromatic heterocycles. The van der Waals surface area contributed by atoms with Gasteiger partial charge in [0.2, 0.25) is 0 Å². The summed E-state index contributed by atoms with van der Waals surface area (Å²) in [7, 11) is 0. The lowest BCUT2D eigenvalue weighted by atomic mass is 9.98. The van der Waals surface area contributed by atoms with Crippen molar-refractivity contribution >= 4 is 29.5 Å². The van der Waals surface area contributed by atoms with Crippen molar-refractivity contribution in [2.24, 2.45) is 0 Å². The van der Waals surface area contributed by atoms with E-state index in [9.17, 15) is 19.2 Å². The van der Waals surface area contributed by atoms with E-state index in [0.717, 1.165) is 12.8 Å². The molecule has 1 aliphatic carbocycles. The Balaban J connectivity index is 1.41. The van der Waals surface area contributed by atoms with Crippen molar-refractivity contribution in [2.45, 2.75) is 76.9 Å². The number of carbonyl (C=O) groups excluding carboxylic acids is 4. The fourth-order valence-corrected chi connectivity index (χ4v) is 4.08. The van der Waals surface area contributed by atoms with E-state index in [1.165, 1.54) is 17.4 Å². The first-order chi connectivity index (χ1) is 14.7. The Morgan fingerprint density at radius 1 is 1.13 bits per heavy atom. The number of carbonyl (C=O) groups is 4. The molecule has 1 aliphatic heterocycles. The molecule has 1 saturated heterocycles. The summed E-state index contributed by atoms with van der Waals surface area (Å²) in [4.78, 5) is 50.3. The number of hydrogen-bond donors (Lipinski definition) is 2. The van der Waals surface area contributed by atoms with E-state index in [1.54, 1.807) is 0 Å². The lowest BCUT2D eigenvalue weighted by Gasteiger charge is -2.20. The van der Waals surface area contributed by atoms with Gasteiger partial charge in [0.15, 0.2) is 6.10 Å². The van der Waals surface area contributed by atoms with E-state index in [1.807, 2.05) is 24.3 Å². The van der Waals surface area contributed by atoms with Crippen LogP contribution < -0.4 is 10.6 Å². The molecule has 1 aromatic rings. The predicted molar refractivity (Wildman–Crippen MR) is 115 cm³/mol. The largest absolute Gasteiger partial charge is 0.453 e. The van der Waals surface area contributed by atoms with Crippen LogP contribution in [0.2, 0.25) is 0 Å². The number of rotatable bonds is 8. The lowest BCUT2D eigenvalue weighted by Crippen LogP contribution is -2.44. The van der Waals surface area contributed by atoms with E-state index < -0.39 is 29.6 Å². The number of amides is 4. The SMILES string of the molecule is CC(C)c1ccc(NC(=O)[C@H](C)OC(=O)CCCN2C(=O)NC3(CCCC3)C2=O)cc1. The minimum atomic E-state index is -0.948. The first kappa shape index (κ1) is 22.8. The molecule has 1 spiro atoms. The summed E-state index contributed by atoms with van der Waals surface area (Å²) in [6.45, 7) is 5.85. The minimum absolute atomic E-state index is 0.0186. The average molecular weight is 430 g/mol. The van der Waals surface area contributed by atoms with Gasteiger partial charge in [0.05, 0.1) is 0 Å². The molecule has 1 saturated carbocycles. The topological polar surface area (TPSA) is 105 Å². The smallest absolute Gasteiger partial charge is 0.325 e. The first-order valence-corrected chi connectivity index (χ1v) is 11.0. The van der Waals surface area contributed by atoms with Crippen LogP contribution in [0.4, 0.5) is 10.5 Å². The Labute approximate surface area is 182 Å². The van der Waals surface area contributed by atoms with Crippen LogP contribution in [0.1, 0.15) is 70.8 Å². The number of esters is 1. The molecule has 2 N–H and O–H groups in total. The zero-order valence-electron chi connectivity index (χ0n) is 18.4. The number of hydrogen-bond acceptors (Lipinski definition) is 5. The van der Waals surface area contributed by atoms with Crippen molar-refractivity contribution in [1.82, 2.24) is 10.2 Å². The van der Waals surface area contributed by atoms with E-state index in [0.29, 0.717) is 30.9 Å². The highest BCUT2D eigenvalue weighted by Gasteiger charge is 2.52. The standard InChI is InChI=1S/C23H31N3O5/c1-15(2)17-8-10-18(11-9-17)24-20(28)16(3)31-19(27)7-6-14-26-21(29)23(25-22(26)30)12-4-5-13-23/h8-11,15-16H,4-7,12-14H2,1-3H3,(H,24,28)(H,25,30)/t16-/m0/s1. The van der Waals surface area contributed by atoms with Crippen LogP contribution in [0.25, 0.3) is 0 Å². The molecule has 31 heavy (non-hydrogen) atoms. The van der Waals surface area contributed by atoms with Gasteiger partial charge in [-0.05, 0) is 49.8 Å². The number of anilines is 1. The highest BCUT2D eigenvalue weighted by Crippen LogP contribution is 2.35. The van der Waals surface area contributed by atoms with Gasteiger partial charge in [-0.1, -0.05) is 38.8 Å². The van der Waals surface area contributed by atoms with Crippen molar-refractivity contribution < 1.29 is 23.9 Å². The molecule has 2 aliphatic rings. The van der Waals surface area contributed by atoms with Crippen LogP contribution in [0, 0.1) is 0 Å². The molecular weight excluding hydrogens is 398 g/mol. The van der Waals surface area contributed by atoms with Gasteiger partial charge in [-0.2, -0.15) is 0 Å². The molecule has 8 heteroatoms. The summed E-state index contributed by atoms with van der Waals surface area (Å²) >= 11 is 0. The Bertz CT molecular complexity index is 843. The molecule has 168 valence electrons. The molecule has 3 rings (SSSR count). The summed E-state index contributed by atoms with van der Waals surface area (Å²) < 4.78 is 5.20. The third kappa shape index (κ3) is 5.24. The quantitative estimate of drug-likeness (QED) is 0.487. The normalized spacial score (nSPS) is 18.4. The van der Waals surface area contributed by atoms with Crippen LogP contribution in [0.3, 0.4) is 0 Å². The first-order valence-electron chi connectivity index (χ1n) is 11.0. The number of urea groups is 1. The second kappa shape index (κ2) is 9.49. The summed E-state index contributed by atoms with van der Waals surface area (Å²) in [5, 5.41) is 5.55. The Morgan fingerprint density at radius 2 is 1.77 bits per heavy atom. The van der Waals surface area contributed by atoms with Crippen molar-refractivity contribution in [2.75, 3.05) is 11.9 Å². The molecule has 0 radical (unpaired) electrons. The average Bonchev–Trinajstić information content (AvgIpc) is 3.28. The Kier molecular flexibility index (Phi) is 6.97. The van der Waals surface area contributed by atoms with Gasteiger partial charge in [-0.15, -0.1) is 0 Å². The Morgan fingerprint density at radius 3 is 2.39 bits per heavy atom. The molecule has 2 fully saturated rings. The number of nitrogens with one attached hydrogen (secondary N) is 2. The van der Waals surface area contributed by atoms with Crippen molar-refractivity contribution in [3.63, 3.8) is 0 Å². The number of imide groups is 1. The van der Waals surface area contributed by atoms with Crippen LogP contribution in [0.5, 0.6) is 0 Å². The fraction of sp³-hybridized carbons (Fsp3) is 0.565. The summed E-state index contributed by atoms with van der Waals surface area (Å²) in [5.74, 6) is -0.752. The number of benzene rings is 1. The van der Waals surface area contributed by atoms with E-state index >= 15 is 0 Å². The maximum Gasteiger partial charge on any atom is 0.325 e. The Hall–Kier alpha value is -2.90. The summed E-state index contributed by atoms with van der Waals surface area (Å²) in [6, 6.07) is 7.13. The molecule has 0 bridgehead atoms. The van der Waals surface area contributed by atoms with Gasteiger partial charge in [0.25, 0.3) is 11.8 Å². The fourth-order valence-electron chi connectivity index (χ4n) is 4.08. The molecule has 1 atom stereocenters. The summed E-state index contributed by atoms with van der Waals surface area (Å²) in [6.07, 6.45) is 2.55. The number of ether oxygens (including phenoxy) is 1. The van der Waals surface area contributed by atoms with Crippen LogP contribution in [0.15, 0.2) is 24.3 Å². The molecule has 1 heterocycles. The third-order valence-electron chi connectivity index (χ3n) is 5.99. The second-order valence-corrected chi connectivity index (χ2v) is 8.68. The van der Waals surface area contributed by atoms with Crippen LogP contribution >= 0.6 is 0 Å². The van der Waals surface area contributed by atoms with Crippen molar-refractivity contribution in [1.29, 1.82) is 0 Å². The zero-order valence-corrected chi connectivity index (χ0v) is 18.4. The molecule has 1 aromatic carbocycles. The monoisotopic (exact) mass is 429 g/mol. The highest BCUT2D eigenvalue weighted by atomic mass is 16.5. The summed E-state index contributed by atoms with van der Waals surface area (Å²) in [5.41, 5.74) is 1.07. The van der Waals surface area contributed by atoms with Gasteiger partial charge in [-0.25, -0.2) is 4.79 Å². The molecule has 4 amide bonds. The molecule has 0 unspecified atom stereocenters. The van der Waals surface area contributed by atoms with Gasteiger partial charge < -0.3 is 15.4 Å². The highest BCUT2D eigenvalue weighted by molar-refractivity contribution is 6.07. The van der Waals surface area contributed by atoms with Gasteiger partial charge in [0, 0.05) is 18.7 Å². The van der Waals surface area contributed by atoms with E-state index in [2.05, 4.69) is 24.5 Å². The predicted octanol–water partition coefficient (Wildman–Crippen LogP) is 3.33. The molecule has 8 nitrogen and oxygen atoms in total. The number of nitrogens with zero attached hydrogens (tertiary/aromatic N) is 1. The van der Waals surface area contributed by atoms with Crippen molar-refractivity contribution in [3.05, 3.63) is 29.8 Å². The maximum atomic E-state index is 12.6. The van der Waals surface area contributed by atoms with E-state index in [4.69, 9.17) is 4.74 Å². The van der Waals surface area contributed by atoms with E-state index in [-0.39, 0.29) is 18.9 Å². The minimum Gasteiger partial charge on any atom is -0.453 e.